The molecule has 2 fully saturated rings. The van der Waals surface area contributed by atoms with Crippen molar-refractivity contribution in [2.24, 2.45) is 5.92 Å². The largest absolute Gasteiger partial charge is 0.318 e. The van der Waals surface area contributed by atoms with E-state index in [-0.39, 0.29) is 18.1 Å². The Morgan fingerprint density at radius 3 is 3.06 bits per heavy atom. The Labute approximate surface area is 112 Å². The lowest BCUT2D eigenvalue weighted by Crippen LogP contribution is -2.33. The van der Waals surface area contributed by atoms with E-state index in [1.807, 2.05) is 6.92 Å². The van der Waals surface area contributed by atoms with Gasteiger partial charge in [-0.2, -0.15) is 11.3 Å². The first-order valence-corrected chi connectivity index (χ1v) is 7.77. The number of carbonyl (C=O) groups excluding carboxylic acids is 1. The second-order valence-electron chi connectivity index (χ2n) is 5.44. The topological polar surface area (TPSA) is 32.3 Å². The Balaban J connectivity index is 1.79. The number of amides is 1. The highest BCUT2D eigenvalue weighted by atomic mass is 32.1. The number of thiophene rings is 1. The SMILES string of the molecule is CCCC1CC1N1C(=O)C(C)NC1c1ccsc1. The molecular weight excluding hydrogens is 244 g/mol. The molecule has 0 aromatic carbocycles. The Hall–Kier alpha value is -0.870. The van der Waals surface area contributed by atoms with E-state index in [9.17, 15) is 4.79 Å². The molecule has 1 aliphatic carbocycles. The lowest BCUT2D eigenvalue weighted by molar-refractivity contribution is -0.130. The number of hydrogen-bond donors (Lipinski definition) is 1. The molecule has 4 unspecified atom stereocenters. The van der Waals surface area contributed by atoms with Crippen molar-refractivity contribution >= 4 is 17.2 Å². The van der Waals surface area contributed by atoms with E-state index in [4.69, 9.17) is 0 Å². The predicted octanol–water partition coefficient (Wildman–Crippen LogP) is 2.76. The highest BCUT2D eigenvalue weighted by molar-refractivity contribution is 7.07. The zero-order valence-corrected chi connectivity index (χ0v) is 11.7. The van der Waals surface area contributed by atoms with Gasteiger partial charge in [-0.1, -0.05) is 13.3 Å². The van der Waals surface area contributed by atoms with Gasteiger partial charge in [-0.3, -0.25) is 10.1 Å². The summed E-state index contributed by atoms with van der Waals surface area (Å²) < 4.78 is 0. The van der Waals surface area contributed by atoms with E-state index in [0.29, 0.717) is 6.04 Å². The smallest absolute Gasteiger partial charge is 0.241 e. The van der Waals surface area contributed by atoms with Crippen molar-refractivity contribution in [3.63, 3.8) is 0 Å². The maximum absolute atomic E-state index is 12.3. The van der Waals surface area contributed by atoms with Crippen LogP contribution in [0.4, 0.5) is 0 Å². The monoisotopic (exact) mass is 264 g/mol. The third-order valence-corrected chi connectivity index (χ3v) is 4.77. The molecule has 1 N–H and O–H groups in total. The fourth-order valence-electron chi connectivity index (χ4n) is 3.03. The summed E-state index contributed by atoms with van der Waals surface area (Å²) in [5, 5.41) is 7.65. The Kier molecular flexibility index (Phi) is 3.16. The molecule has 1 saturated heterocycles. The minimum atomic E-state index is -0.0437. The normalized spacial score (nSPS) is 35.2. The lowest BCUT2D eigenvalue weighted by Gasteiger charge is -2.24. The summed E-state index contributed by atoms with van der Waals surface area (Å²) in [7, 11) is 0. The molecule has 1 aromatic heterocycles. The van der Waals surface area contributed by atoms with Gasteiger partial charge in [-0.15, -0.1) is 0 Å². The van der Waals surface area contributed by atoms with E-state index < -0.39 is 0 Å². The summed E-state index contributed by atoms with van der Waals surface area (Å²) in [5.41, 5.74) is 1.24. The predicted molar refractivity (Wildman–Crippen MR) is 73.3 cm³/mol. The van der Waals surface area contributed by atoms with Crippen LogP contribution < -0.4 is 5.32 Å². The fraction of sp³-hybridized carbons (Fsp3) is 0.643. The van der Waals surface area contributed by atoms with Crippen molar-refractivity contribution < 1.29 is 4.79 Å². The van der Waals surface area contributed by atoms with E-state index in [1.54, 1.807) is 11.3 Å². The van der Waals surface area contributed by atoms with Crippen LogP contribution in [-0.4, -0.2) is 22.9 Å². The standard InChI is InChI=1S/C14H20N2OS/c1-3-4-10-7-12(10)16-13(11-5-6-18-8-11)15-9(2)14(16)17/h5-6,8-10,12-13,15H,3-4,7H2,1-2H3. The number of nitrogens with zero attached hydrogens (tertiary/aromatic N) is 1. The second-order valence-corrected chi connectivity index (χ2v) is 6.22. The molecule has 1 aromatic rings. The quantitative estimate of drug-likeness (QED) is 0.907. The van der Waals surface area contributed by atoms with Gasteiger partial charge in [0.1, 0.15) is 6.17 Å². The van der Waals surface area contributed by atoms with E-state index in [2.05, 4.69) is 34.0 Å². The third-order valence-electron chi connectivity index (χ3n) is 4.07. The van der Waals surface area contributed by atoms with Crippen molar-refractivity contribution in [3.8, 4) is 0 Å². The van der Waals surface area contributed by atoms with E-state index >= 15 is 0 Å². The zero-order valence-electron chi connectivity index (χ0n) is 10.9. The summed E-state index contributed by atoms with van der Waals surface area (Å²) in [4.78, 5) is 14.4. The van der Waals surface area contributed by atoms with Crippen LogP contribution in [0.1, 0.15) is 44.8 Å². The van der Waals surface area contributed by atoms with Crippen molar-refractivity contribution in [1.82, 2.24) is 10.2 Å². The molecule has 0 bridgehead atoms. The summed E-state index contributed by atoms with van der Waals surface area (Å²) in [6, 6.07) is 2.55. The van der Waals surface area contributed by atoms with Crippen LogP contribution in [0, 0.1) is 5.92 Å². The Morgan fingerprint density at radius 2 is 2.39 bits per heavy atom. The molecule has 98 valence electrons. The van der Waals surface area contributed by atoms with E-state index in [1.165, 1.54) is 24.8 Å². The number of hydrogen-bond acceptors (Lipinski definition) is 3. The van der Waals surface area contributed by atoms with Gasteiger partial charge in [0.2, 0.25) is 5.91 Å². The van der Waals surface area contributed by atoms with Crippen LogP contribution in [-0.2, 0) is 4.79 Å². The molecule has 3 rings (SSSR count). The molecule has 1 amide bonds. The number of carbonyl (C=O) groups is 1. The number of nitrogens with one attached hydrogen (secondary N) is 1. The molecule has 0 spiro atoms. The van der Waals surface area contributed by atoms with Crippen LogP contribution in [0.25, 0.3) is 0 Å². The summed E-state index contributed by atoms with van der Waals surface area (Å²) in [5.74, 6) is 1.00. The number of rotatable bonds is 4. The Bertz CT molecular complexity index is 431. The maximum Gasteiger partial charge on any atom is 0.241 e. The first-order valence-electron chi connectivity index (χ1n) is 6.82. The van der Waals surface area contributed by atoms with Gasteiger partial charge < -0.3 is 4.90 Å². The first kappa shape index (κ1) is 12.2. The molecule has 18 heavy (non-hydrogen) atoms. The van der Waals surface area contributed by atoms with E-state index in [0.717, 1.165) is 5.92 Å². The second kappa shape index (κ2) is 4.67. The molecule has 4 atom stereocenters. The molecule has 0 radical (unpaired) electrons. The molecule has 2 heterocycles. The van der Waals surface area contributed by atoms with Crippen LogP contribution in [0.5, 0.6) is 0 Å². The molecule has 4 heteroatoms. The minimum Gasteiger partial charge on any atom is -0.318 e. The highest BCUT2D eigenvalue weighted by Crippen LogP contribution is 2.44. The average molecular weight is 264 g/mol. The summed E-state index contributed by atoms with van der Waals surface area (Å²) >= 11 is 1.70. The lowest BCUT2D eigenvalue weighted by atomic mass is 10.2. The zero-order chi connectivity index (χ0) is 12.7. The first-order chi connectivity index (χ1) is 8.72. The van der Waals surface area contributed by atoms with Crippen LogP contribution in [0.15, 0.2) is 16.8 Å². The highest BCUT2D eigenvalue weighted by Gasteiger charge is 2.50. The summed E-state index contributed by atoms with van der Waals surface area (Å²) in [6.07, 6.45) is 3.76. The molecule has 1 saturated carbocycles. The van der Waals surface area contributed by atoms with Crippen LogP contribution in [0.2, 0.25) is 0 Å². The fourth-order valence-corrected chi connectivity index (χ4v) is 3.71. The van der Waals surface area contributed by atoms with Gasteiger partial charge >= 0.3 is 0 Å². The third kappa shape index (κ3) is 1.97. The van der Waals surface area contributed by atoms with Crippen LogP contribution in [0.3, 0.4) is 0 Å². The molecular formula is C14H20N2OS. The molecule has 3 nitrogen and oxygen atoms in total. The van der Waals surface area contributed by atoms with Crippen molar-refractivity contribution in [3.05, 3.63) is 22.4 Å². The van der Waals surface area contributed by atoms with Crippen LogP contribution >= 0.6 is 11.3 Å². The van der Waals surface area contributed by atoms with Gasteiger partial charge in [0, 0.05) is 6.04 Å². The molecule has 1 aliphatic heterocycles. The molecule has 2 aliphatic rings. The van der Waals surface area contributed by atoms with Gasteiger partial charge in [0.15, 0.2) is 0 Å². The van der Waals surface area contributed by atoms with Gasteiger partial charge in [-0.25, -0.2) is 0 Å². The summed E-state index contributed by atoms with van der Waals surface area (Å²) in [6.45, 7) is 4.19. The minimum absolute atomic E-state index is 0.0437. The average Bonchev–Trinajstić information content (AvgIpc) is 2.79. The van der Waals surface area contributed by atoms with Crippen molar-refractivity contribution in [2.45, 2.75) is 51.4 Å². The van der Waals surface area contributed by atoms with Crippen molar-refractivity contribution in [1.29, 1.82) is 0 Å². The van der Waals surface area contributed by atoms with Gasteiger partial charge in [-0.05, 0) is 48.1 Å². The Morgan fingerprint density at radius 1 is 1.56 bits per heavy atom. The maximum atomic E-state index is 12.3. The van der Waals surface area contributed by atoms with Gasteiger partial charge in [0.05, 0.1) is 6.04 Å². The van der Waals surface area contributed by atoms with Gasteiger partial charge in [0.25, 0.3) is 0 Å². The van der Waals surface area contributed by atoms with Crippen molar-refractivity contribution in [2.75, 3.05) is 0 Å².